The highest BCUT2D eigenvalue weighted by Crippen LogP contribution is 2.18. The second kappa shape index (κ2) is 5.71. The zero-order valence-electron chi connectivity index (χ0n) is 10.2. The Morgan fingerprint density at radius 2 is 2.47 bits per heavy atom. The minimum Gasteiger partial charge on any atom is -0.469 e. The van der Waals surface area contributed by atoms with E-state index in [4.69, 9.17) is 4.42 Å². The Kier molecular flexibility index (Phi) is 4.02. The molecule has 2 rings (SSSR count). The Balaban J connectivity index is 1.79. The summed E-state index contributed by atoms with van der Waals surface area (Å²) in [7, 11) is 0. The number of hydrogen-bond acceptors (Lipinski definition) is 2. The molecule has 3 heteroatoms. The fraction of sp³-hybridized carbons (Fsp3) is 0.500. The molecular weight excluding hydrogens is 214 g/mol. The highest BCUT2D eigenvalue weighted by Gasteiger charge is 2.20. The second-order valence-electron chi connectivity index (χ2n) is 4.67. The van der Waals surface area contributed by atoms with Gasteiger partial charge in [-0.2, -0.15) is 0 Å². The highest BCUT2D eigenvalue weighted by atomic mass is 16.3. The van der Waals surface area contributed by atoms with E-state index in [0.717, 1.165) is 31.4 Å². The largest absolute Gasteiger partial charge is 0.469 e. The van der Waals surface area contributed by atoms with Gasteiger partial charge in [-0.3, -0.25) is 4.79 Å². The van der Waals surface area contributed by atoms with E-state index in [-0.39, 0.29) is 17.9 Å². The first-order chi connectivity index (χ1) is 8.25. The molecule has 0 fully saturated rings. The van der Waals surface area contributed by atoms with E-state index in [1.54, 1.807) is 6.26 Å². The molecule has 1 heterocycles. The Labute approximate surface area is 102 Å². The smallest absolute Gasteiger partial charge is 0.223 e. The van der Waals surface area contributed by atoms with Crippen molar-refractivity contribution in [2.75, 3.05) is 0 Å². The molecule has 0 spiro atoms. The summed E-state index contributed by atoms with van der Waals surface area (Å²) in [4.78, 5) is 12.0. The quantitative estimate of drug-likeness (QED) is 0.812. The summed E-state index contributed by atoms with van der Waals surface area (Å²) in [5, 5.41) is 3.06. The number of furan rings is 1. The number of amides is 1. The highest BCUT2D eigenvalue weighted by molar-refractivity contribution is 5.79. The van der Waals surface area contributed by atoms with Crippen molar-refractivity contribution in [2.45, 2.75) is 38.6 Å². The van der Waals surface area contributed by atoms with Gasteiger partial charge in [-0.05, 0) is 38.3 Å². The van der Waals surface area contributed by atoms with E-state index < -0.39 is 0 Å². The number of carbonyl (C=O) groups is 1. The number of rotatable bonds is 4. The van der Waals surface area contributed by atoms with Crippen molar-refractivity contribution in [1.29, 1.82) is 0 Å². The van der Waals surface area contributed by atoms with Gasteiger partial charge in [0.25, 0.3) is 0 Å². The standard InChI is InChI=1S/C14H19NO2/c1-11(10-13-8-5-9-17-13)15-14(16)12-6-3-2-4-7-12/h2-3,5,8-9,11-12H,4,6-7,10H2,1H3,(H,15,16)/t11-,12+/m0/s1. The van der Waals surface area contributed by atoms with Crippen molar-refractivity contribution < 1.29 is 9.21 Å². The molecule has 92 valence electrons. The van der Waals surface area contributed by atoms with Crippen molar-refractivity contribution in [3.05, 3.63) is 36.3 Å². The average molecular weight is 233 g/mol. The average Bonchev–Trinajstić information content (AvgIpc) is 2.82. The number of hydrogen-bond donors (Lipinski definition) is 1. The molecule has 1 N–H and O–H groups in total. The van der Waals surface area contributed by atoms with Crippen molar-refractivity contribution in [2.24, 2.45) is 5.92 Å². The Hall–Kier alpha value is -1.51. The molecule has 2 atom stereocenters. The molecule has 0 saturated heterocycles. The third-order valence-corrected chi connectivity index (χ3v) is 3.12. The molecule has 0 unspecified atom stereocenters. The van der Waals surface area contributed by atoms with Crippen LogP contribution < -0.4 is 5.32 Å². The van der Waals surface area contributed by atoms with Crippen molar-refractivity contribution >= 4 is 5.91 Å². The van der Waals surface area contributed by atoms with Crippen molar-refractivity contribution in [1.82, 2.24) is 5.32 Å². The first kappa shape index (κ1) is 12.0. The summed E-state index contributed by atoms with van der Waals surface area (Å²) >= 11 is 0. The van der Waals surface area contributed by atoms with E-state index in [2.05, 4.69) is 17.5 Å². The maximum atomic E-state index is 12.0. The molecule has 1 aliphatic carbocycles. The first-order valence-electron chi connectivity index (χ1n) is 6.23. The fourth-order valence-electron chi connectivity index (χ4n) is 2.17. The molecule has 3 nitrogen and oxygen atoms in total. The lowest BCUT2D eigenvalue weighted by molar-refractivity contribution is -0.125. The summed E-state index contributed by atoms with van der Waals surface area (Å²) in [5.41, 5.74) is 0. The van der Waals surface area contributed by atoms with Crippen LogP contribution in [0.4, 0.5) is 0 Å². The topological polar surface area (TPSA) is 42.2 Å². The van der Waals surface area contributed by atoms with E-state index >= 15 is 0 Å². The Morgan fingerprint density at radius 1 is 1.59 bits per heavy atom. The van der Waals surface area contributed by atoms with Gasteiger partial charge in [0.05, 0.1) is 6.26 Å². The van der Waals surface area contributed by atoms with Gasteiger partial charge in [0.15, 0.2) is 0 Å². The van der Waals surface area contributed by atoms with Crippen LogP contribution in [-0.2, 0) is 11.2 Å². The molecule has 17 heavy (non-hydrogen) atoms. The SMILES string of the molecule is C[C@@H](Cc1ccco1)NC(=O)[C@@H]1CC=CCC1. The summed E-state index contributed by atoms with van der Waals surface area (Å²) in [6.45, 7) is 2.01. The van der Waals surface area contributed by atoms with Crippen LogP contribution in [-0.4, -0.2) is 11.9 Å². The van der Waals surface area contributed by atoms with Crippen molar-refractivity contribution in [3.8, 4) is 0 Å². The van der Waals surface area contributed by atoms with E-state index in [9.17, 15) is 4.79 Å². The number of nitrogens with one attached hydrogen (secondary N) is 1. The molecule has 0 aromatic carbocycles. The zero-order valence-corrected chi connectivity index (χ0v) is 10.2. The molecule has 0 aliphatic heterocycles. The van der Waals surface area contributed by atoms with Gasteiger partial charge in [0.1, 0.15) is 5.76 Å². The molecule has 1 aromatic heterocycles. The summed E-state index contributed by atoms with van der Waals surface area (Å²) in [6, 6.07) is 3.93. The predicted molar refractivity (Wildman–Crippen MR) is 66.5 cm³/mol. The van der Waals surface area contributed by atoms with Gasteiger partial charge < -0.3 is 9.73 Å². The van der Waals surface area contributed by atoms with Crippen LogP contribution in [0.1, 0.15) is 31.9 Å². The lowest BCUT2D eigenvalue weighted by Gasteiger charge is -2.20. The lowest BCUT2D eigenvalue weighted by atomic mass is 9.93. The molecule has 1 amide bonds. The van der Waals surface area contributed by atoms with E-state index in [1.165, 1.54) is 0 Å². The van der Waals surface area contributed by atoms with E-state index in [1.807, 2.05) is 19.1 Å². The minimum absolute atomic E-state index is 0.125. The number of allylic oxidation sites excluding steroid dienone is 2. The number of carbonyl (C=O) groups excluding carboxylic acids is 1. The van der Waals surface area contributed by atoms with E-state index in [0.29, 0.717) is 0 Å². The van der Waals surface area contributed by atoms with Gasteiger partial charge in [-0.25, -0.2) is 0 Å². The summed E-state index contributed by atoms with van der Waals surface area (Å²) in [5.74, 6) is 1.24. The normalized spacial score (nSPS) is 21.1. The molecule has 0 bridgehead atoms. The first-order valence-corrected chi connectivity index (χ1v) is 6.23. The van der Waals surface area contributed by atoms with Gasteiger partial charge >= 0.3 is 0 Å². The van der Waals surface area contributed by atoms with Gasteiger partial charge in [0.2, 0.25) is 5.91 Å². The van der Waals surface area contributed by atoms with Gasteiger partial charge in [0, 0.05) is 18.4 Å². The fourth-order valence-corrected chi connectivity index (χ4v) is 2.17. The third-order valence-electron chi connectivity index (χ3n) is 3.12. The summed E-state index contributed by atoms with van der Waals surface area (Å²) < 4.78 is 5.27. The molecule has 0 radical (unpaired) electrons. The van der Waals surface area contributed by atoms with Crippen molar-refractivity contribution in [3.63, 3.8) is 0 Å². The Morgan fingerprint density at radius 3 is 3.12 bits per heavy atom. The van der Waals surface area contributed by atoms with Crippen LogP contribution in [0.3, 0.4) is 0 Å². The zero-order chi connectivity index (χ0) is 12.1. The van der Waals surface area contributed by atoms with Gasteiger partial charge in [-0.15, -0.1) is 0 Å². The molecule has 1 aliphatic rings. The predicted octanol–water partition coefficient (Wildman–Crippen LogP) is 2.68. The third kappa shape index (κ3) is 3.48. The monoisotopic (exact) mass is 233 g/mol. The second-order valence-corrected chi connectivity index (χ2v) is 4.67. The molecule has 0 saturated carbocycles. The maximum absolute atomic E-state index is 12.0. The van der Waals surface area contributed by atoms with Crippen LogP contribution in [0, 0.1) is 5.92 Å². The molecular formula is C14H19NO2. The van der Waals surface area contributed by atoms with Crippen LogP contribution in [0.15, 0.2) is 35.0 Å². The van der Waals surface area contributed by atoms with Gasteiger partial charge in [-0.1, -0.05) is 12.2 Å². The van der Waals surface area contributed by atoms with Crippen LogP contribution in [0.25, 0.3) is 0 Å². The molecule has 1 aromatic rings. The maximum Gasteiger partial charge on any atom is 0.223 e. The minimum atomic E-state index is 0.125. The van der Waals surface area contributed by atoms with Crippen LogP contribution in [0.5, 0.6) is 0 Å². The Bertz CT molecular complexity index is 381. The van der Waals surface area contributed by atoms with Crippen LogP contribution >= 0.6 is 0 Å². The lowest BCUT2D eigenvalue weighted by Crippen LogP contribution is -2.38. The van der Waals surface area contributed by atoms with Crippen LogP contribution in [0.2, 0.25) is 0 Å². The summed E-state index contributed by atoms with van der Waals surface area (Å²) in [6.07, 6.45) is 9.53.